The van der Waals surface area contributed by atoms with Crippen LogP contribution in [0.2, 0.25) is 0 Å². The second kappa shape index (κ2) is 9.30. The summed E-state index contributed by atoms with van der Waals surface area (Å²) in [6, 6.07) is 18.8. The van der Waals surface area contributed by atoms with Crippen LogP contribution in [-0.4, -0.2) is 23.6 Å². The molecule has 0 unspecified atom stereocenters. The Morgan fingerprint density at radius 2 is 1.94 bits per heavy atom. The fourth-order valence-corrected chi connectivity index (χ4v) is 3.09. The van der Waals surface area contributed by atoms with Gasteiger partial charge >= 0.3 is 0 Å². The van der Waals surface area contributed by atoms with E-state index in [0.29, 0.717) is 35.5 Å². The lowest BCUT2D eigenvalue weighted by Gasteiger charge is -2.14. The Balaban J connectivity index is 1.55. The van der Waals surface area contributed by atoms with Crippen LogP contribution in [-0.2, 0) is 6.54 Å². The summed E-state index contributed by atoms with van der Waals surface area (Å²) in [6.07, 6.45) is 1.72. The van der Waals surface area contributed by atoms with Crippen molar-refractivity contribution in [3.05, 3.63) is 83.7 Å². The van der Waals surface area contributed by atoms with E-state index in [1.54, 1.807) is 24.4 Å². The Morgan fingerprint density at radius 1 is 1.06 bits per heavy atom. The number of amides is 1. The summed E-state index contributed by atoms with van der Waals surface area (Å²) in [4.78, 5) is 21.7. The third-order valence-electron chi connectivity index (χ3n) is 4.81. The summed E-state index contributed by atoms with van der Waals surface area (Å²) in [5, 5.41) is 6.10. The Hall–Kier alpha value is -3.87. The number of aromatic nitrogens is 1. The van der Waals surface area contributed by atoms with Crippen LogP contribution < -0.4 is 20.1 Å². The highest BCUT2D eigenvalue weighted by Gasteiger charge is 2.17. The van der Waals surface area contributed by atoms with Crippen LogP contribution in [0.25, 0.3) is 0 Å². The van der Waals surface area contributed by atoms with Crippen LogP contribution in [0.1, 0.15) is 41.4 Å². The summed E-state index contributed by atoms with van der Waals surface area (Å²) in [5.74, 6) is 1.61. The minimum atomic E-state index is -0.300. The maximum absolute atomic E-state index is 12.9. The van der Waals surface area contributed by atoms with Crippen molar-refractivity contribution in [2.24, 2.45) is 4.99 Å². The number of fused-ring (bicyclic) bond motifs is 1. The van der Waals surface area contributed by atoms with Gasteiger partial charge in [-0.3, -0.25) is 15.1 Å². The molecule has 2 N–H and O–H groups in total. The molecule has 0 saturated carbocycles. The molecule has 0 spiro atoms. The lowest BCUT2D eigenvalue weighted by Crippen LogP contribution is -2.36. The first kappa shape index (κ1) is 20.4. The van der Waals surface area contributed by atoms with E-state index in [4.69, 9.17) is 9.47 Å². The zero-order valence-corrected chi connectivity index (χ0v) is 17.5. The van der Waals surface area contributed by atoms with Gasteiger partial charge in [0, 0.05) is 17.4 Å². The van der Waals surface area contributed by atoms with Crippen molar-refractivity contribution in [2.45, 2.75) is 26.3 Å². The molecule has 0 aliphatic carbocycles. The molecule has 4 rings (SSSR count). The minimum Gasteiger partial charge on any atom is -0.454 e. The standard InChI is InChI=1S/C24H24N4O3/c1-16(2)17-6-5-8-19(12-17)27-24(26-14-20-7-3-4-11-25-20)28-23(29)18-9-10-21-22(13-18)31-15-30-21/h3-13,16H,14-15H2,1-2H3,(H2,26,27,28,29). The van der Waals surface area contributed by atoms with Crippen LogP contribution in [0.15, 0.2) is 71.9 Å². The van der Waals surface area contributed by atoms with Crippen LogP contribution in [0.4, 0.5) is 5.69 Å². The molecule has 0 bridgehead atoms. The van der Waals surface area contributed by atoms with Crippen LogP contribution in [0.3, 0.4) is 0 Å². The number of anilines is 1. The Labute approximate surface area is 181 Å². The van der Waals surface area contributed by atoms with Gasteiger partial charge in [0.1, 0.15) is 0 Å². The van der Waals surface area contributed by atoms with E-state index in [1.165, 1.54) is 5.56 Å². The number of nitrogens with one attached hydrogen (secondary N) is 2. The molecule has 7 heteroatoms. The van der Waals surface area contributed by atoms with Gasteiger partial charge in [-0.15, -0.1) is 0 Å². The quantitative estimate of drug-likeness (QED) is 0.478. The number of nitrogens with zero attached hydrogens (tertiary/aromatic N) is 2. The third-order valence-corrected chi connectivity index (χ3v) is 4.81. The van der Waals surface area contributed by atoms with Crippen LogP contribution in [0.5, 0.6) is 11.5 Å². The molecule has 0 saturated heterocycles. The van der Waals surface area contributed by atoms with Gasteiger partial charge < -0.3 is 14.8 Å². The number of rotatable bonds is 5. The number of hydrogen-bond acceptors (Lipinski definition) is 5. The van der Waals surface area contributed by atoms with Crippen LogP contribution >= 0.6 is 0 Å². The summed E-state index contributed by atoms with van der Waals surface area (Å²) in [6.45, 7) is 4.76. The van der Waals surface area contributed by atoms with Gasteiger partial charge in [-0.25, -0.2) is 4.99 Å². The molecule has 1 aromatic heterocycles. The van der Waals surface area contributed by atoms with E-state index in [1.807, 2.05) is 36.4 Å². The molecule has 3 aromatic rings. The van der Waals surface area contributed by atoms with E-state index in [2.05, 4.69) is 40.5 Å². The maximum atomic E-state index is 12.9. The molecule has 0 radical (unpaired) electrons. The number of carbonyl (C=O) groups is 1. The second-order valence-corrected chi connectivity index (χ2v) is 7.41. The fraction of sp³-hybridized carbons (Fsp3) is 0.208. The predicted octanol–water partition coefficient (Wildman–Crippen LogP) is 4.33. The molecule has 1 aliphatic rings. The lowest BCUT2D eigenvalue weighted by atomic mass is 10.0. The Bertz CT molecular complexity index is 1100. The zero-order chi connectivity index (χ0) is 21.6. The monoisotopic (exact) mass is 416 g/mol. The highest BCUT2D eigenvalue weighted by atomic mass is 16.7. The predicted molar refractivity (Wildman–Crippen MR) is 120 cm³/mol. The van der Waals surface area contributed by atoms with Crippen molar-refractivity contribution in [2.75, 3.05) is 12.1 Å². The molecule has 2 heterocycles. The summed E-state index contributed by atoms with van der Waals surface area (Å²) < 4.78 is 10.7. The first-order chi connectivity index (χ1) is 15.1. The first-order valence-corrected chi connectivity index (χ1v) is 10.1. The third kappa shape index (κ3) is 5.19. The summed E-state index contributed by atoms with van der Waals surface area (Å²) >= 11 is 0. The molecule has 31 heavy (non-hydrogen) atoms. The van der Waals surface area contributed by atoms with E-state index < -0.39 is 0 Å². The van der Waals surface area contributed by atoms with Gasteiger partial charge in [0.15, 0.2) is 11.5 Å². The number of benzene rings is 2. The second-order valence-electron chi connectivity index (χ2n) is 7.41. The van der Waals surface area contributed by atoms with Gasteiger partial charge in [0.2, 0.25) is 12.8 Å². The van der Waals surface area contributed by atoms with Crippen molar-refractivity contribution < 1.29 is 14.3 Å². The number of hydrogen-bond donors (Lipinski definition) is 2. The van der Waals surface area contributed by atoms with Crippen molar-refractivity contribution in [3.8, 4) is 11.5 Å². The molecule has 1 amide bonds. The van der Waals surface area contributed by atoms with Gasteiger partial charge in [0.05, 0.1) is 12.2 Å². The molecule has 0 fully saturated rings. The number of carbonyl (C=O) groups excluding carboxylic acids is 1. The Morgan fingerprint density at radius 3 is 2.74 bits per heavy atom. The Kier molecular flexibility index (Phi) is 6.12. The maximum Gasteiger partial charge on any atom is 0.258 e. The van der Waals surface area contributed by atoms with Gasteiger partial charge in [-0.2, -0.15) is 0 Å². The normalized spacial score (nSPS) is 12.7. The van der Waals surface area contributed by atoms with Crippen LogP contribution in [0, 0.1) is 0 Å². The molecular weight excluding hydrogens is 392 g/mol. The van der Waals surface area contributed by atoms with E-state index >= 15 is 0 Å². The average molecular weight is 416 g/mol. The fourth-order valence-electron chi connectivity index (χ4n) is 3.09. The van der Waals surface area contributed by atoms with E-state index in [9.17, 15) is 4.79 Å². The first-order valence-electron chi connectivity index (χ1n) is 10.1. The van der Waals surface area contributed by atoms with Gasteiger partial charge in [-0.1, -0.05) is 32.0 Å². The molecule has 1 aliphatic heterocycles. The average Bonchev–Trinajstić information content (AvgIpc) is 3.26. The largest absolute Gasteiger partial charge is 0.454 e. The highest BCUT2D eigenvalue weighted by Crippen LogP contribution is 2.32. The van der Waals surface area contributed by atoms with Crippen molar-refractivity contribution in [1.29, 1.82) is 0 Å². The van der Waals surface area contributed by atoms with Gasteiger partial charge in [0.25, 0.3) is 5.91 Å². The number of ether oxygens (including phenoxy) is 2. The lowest BCUT2D eigenvalue weighted by molar-refractivity contribution is 0.0976. The molecule has 158 valence electrons. The number of guanidine groups is 1. The van der Waals surface area contributed by atoms with E-state index in [0.717, 1.165) is 11.4 Å². The van der Waals surface area contributed by atoms with Crippen molar-refractivity contribution in [3.63, 3.8) is 0 Å². The topological polar surface area (TPSA) is 84.8 Å². The van der Waals surface area contributed by atoms with Gasteiger partial charge in [-0.05, 0) is 53.9 Å². The SMILES string of the molecule is CC(C)c1cccc(NC(=NCc2ccccn2)NC(=O)c2ccc3c(c2)OCO3)c1. The molecular formula is C24H24N4O3. The summed E-state index contributed by atoms with van der Waals surface area (Å²) in [5.41, 5.74) is 3.29. The highest BCUT2D eigenvalue weighted by molar-refractivity contribution is 6.10. The number of aliphatic imine (C=N–C) groups is 1. The molecule has 7 nitrogen and oxygen atoms in total. The molecule has 2 aromatic carbocycles. The van der Waals surface area contributed by atoms with Crippen molar-refractivity contribution in [1.82, 2.24) is 10.3 Å². The summed E-state index contributed by atoms with van der Waals surface area (Å²) in [7, 11) is 0. The minimum absolute atomic E-state index is 0.158. The number of pyridine rings is 1. The smallest absolute Gasteiger partial charge is 0.258 e. The van der Waals surface area contributed by atoms with Crippen molar-refractivity contribution >= 4 is 17.6 Å². The van der Waals surface area contributed by atoms with E-state index in [-0.39, 0.29) is 12.7 Å². The molecule has 0 atom stereocenters. The zero-order valence-electron chi connectivity index (χ0n) is 17.5.